The van der Waals surface area contributed by atoms with Crippen LogP contribution >= 0.6 is 11.6 Å². The van der Waals surface area contributed by atoms with Crippen LogP contribution in [-0.2, 0) is 30.3 Å². The Labute approximate surface area is 233 Å². The third-order valence-corrected chi connectivity index (χ3v) is 6.96. The van der Waals surface area contributed by atoms with Gasteiger partial charge in [-0.2, -0.15) is 19.6 Å². The van der Waals surface area contributed by atoms with Gasteiger partial charge in [-0.3, -0.25) is 4.57 Å². The maximum Gasteiger partial charge on any atom is 0.373 e. The minimum Gasteiger partial charge on any atom is -0.479 e. The van der Waals surface area contributed by atoms with Gasteiger partial charge >= 0.3 is 12.1 Å². The Morgan fingerprint density at radius 2 is 1.93 bits per heavy atom. The lowest BCUT2D eigenvalue weighted by atomic mass is 9.93. The molecule has 5 rings (SSSR count). The molecule has 0 aliphatic carbocycles. The second kappa shape index (κ2) is 12.5. The zero-order valence-corrected chi connectivity index (χ0v) is 21.8. The van der Waals surface area contributed by atoms with Crippen LogP contribution in [0.1, 0.15) is 24.6 Å². The first-order valence-electron chi connectivity index (χ1n) is 12.3. The van der Waals surface area contributed by atoms with Gasteiger partial charge in [0, 0.05) is 19.5 Å². The van der Waals surface area contributed by atoms with E-state index in [0.29, 0.717) is 17.0 Å². The molecular weight excluding hydrogens is 546 g/mol. The van der Waals surface area contributed by atoms with Gasteiger partial charge in [0.1, 0.15) is 12.2 Å². The molecule has 4 heterocycles. The highest BCUT2D eigenvalue weighted by Crippen LogP contribution is 2.39. The van der Waals surface area contributed by atoms with Gasteiger partial charge in [-0.05, 0) is 30.0 Å². The molecule has 1 aromatic carbocycles. The number of imidazole rings is 1. The summed E-state index contributed by atoms with van der Waals surface area (Å²) in [5.74, 6) is 1.61. The standard InChI is InChI=1S/C25H26ClN5O6.CO2/c1-2-25(35)17(13-36-16(23(33)34)12-15-8-4-3-5-9-15)37-22(19(25)32)31-14-27-18-20(30-10-6-7-11-30)28-24(26)29-21(18)31;2-1-3/h1,3-5,8-9,14,16-17,19,22,32,35H,6-7,10-13H2,(H,33,34);/t16?,17-,19+,22-,25-;/m1./s1. The van der Waals surface area contributed by atoms with E-state index in [1.165, 1.54) is 10.9 Å². The lowest BCUT2D eigenvalue weighted by Crippen LogP contribution is -2.48. The molecular formula is C26H26ClN5O8. The molecule has 3 N–H and O–H groups in total. The number of aromatic nitrogens is 4. The topological polar surface area (TPSA) is 177 Å². The smallest absolute Gasteiger partial charge is 0.373 e. The van der Waals surface area contributed by atoms with Crippen molar-refractivity contribution in [2.75, 3.05) is 24.6 Å². The van der Waals surface area contributed by atoms with Gasteiger partial charge in [0.05, 0.1) is 12.9 Å². The second-order valence-electron chi connectivity index (χ2n) is 9.20. The van der Waals surface area contributed by atoms with Gasteiger partial charge in [0.15, 0.2) is 34.9 Å². The van der Waals surface area contributed by atoms with Crippen molar-refractivity contribution in [3.63, 3.8) is 0 Å². The van der Waals surface area contributed by atoms with Crippen LogP contribution in [0, 0.1) is 12.3 Å². The molecule has 0 saturated carbocycles. The van der Waals surface area contributed by atoms with E-state index in [1.807, 2.05) is 6.07 Å². The van der Waals surface area contributed by atoms with Crippen LogP contribution in [0.15, 0.2) is 36.7 Å². The molecule has 40 heavy (non-hydrogen) atoms. The number of carboxylic acids is 1. The monoisotopic (exact) mass is 571 g/mol. The molecule has 0 spiro atoms. The highest BCUT2D eigenvalue weighted by molar-refractivity contribution is 6.28. The summed E-state index contributed by atoms with van der Waals surface area (Å²) in [5.41, 5.74) is -0.618. The van der Waals surface area contributed by atoms with Gasteiger partial charge in [0.2, 0.25) is 5.28 Å². The van der Waals surface area contributed by atoms with Crippen LogP contribution in [0.4, 0.5) is 5.82 Å². The number of fused-ring (bicyclic) bond motifs is 1. The Bertz CT molecular complexity index is 1420. The maximum atomic E-state index is 11.8. The van der Waals surface area contributed by atoms with Crippen molar-refractivity contribution in [2.24, 2.45) is 0 Å². The predicted octanol–water partition coefficient (Wildman–Crippen LogP) is 0.831. The number of aliphatic hydroxyl groups excluding tert-OH is 1. The number of nitrogens with zero attached hydrogens (tertiary/aromatic N) is 5. The summed E-state index contributed by atoms with van der Waals surface area (Å²) in [5, 5.41) is 31.8. The predicted molar refractivity (Wildman–Crippen MR) is 138 cm³/mol. The van der Waals surface area contributed by atoms with E-state index < -0.39 is 36.1 Å². The van der Waals surface area contributed by atoms with E-state index >= 15 is 0 Å². The van der Waals surface area contributed by atoms with Crippen molar-refractivity contribution in [2.45, 2.75) is 49.4 Å². The molecule has 0 bridgehead atoms. The average Bonchev–Trinajstić information content (AvgIpc) is 3.67. The summed E-state index contributed by atoms with van der Waals surface area (Å²) in [6.45, 7) is 1.24. The molecule has 210 valence electrons. The number of aliphatic hydroxyl groups is 2. The minimum atomic E-state index is -2.16. The number of halogens is 1. The first kappa shape index (κ1) is 29.1. The minimum absolute atomic E-state index is 0.000874. The fraction of sp³-hybridized carbons (Fsp3) is 0.423. The molecule has 0 radical (unpaired) electrons. The highest BCUT2D eigenvalue weighted by Gasteiger charge is 2.56. The highest BCUT2D eigenvalue weighted by atomic mass is 35.5. The molecule has 1 unspecified atom stereocenters. The van der Waals surface area contributed by atoms with Crippen molar-refractivity contribution in [1.29, 1.82) is 0 Å². The summed E-state index contributed by atoms with van der Waals surface area (Å²) in [6, 6.07) is 9.00. The molecule has 2 aliphatic heterocycles. The summed E-state index contributed by atoms with van der Waals surface area (Å²) in [4.78, 5) is 43.2. The maximum absolute atomic E-state index is 11.8. The largest absolute Gasteiger partial charge is 0.479 e. The quantitative estimate of drug-likeness (QED) is 0.257. The Hall–Kier alpha value is -3.89. The number of terminal acetylenes is 1. The number of anilines is 1. The average molecular weight is 572 g/mol. The number of carbonyl (C=O) groups excluding carboxylic acids is 2. The summed E-state index contributed by atoms with van der Waals surface area (Å²) >= 11 is 6.22. The van der Waals surface area contributed by atoms with E-state index in [1.54, 1.807) is 24.3 Å². The van der Waals surface area contributed by atoms with E-state index in [-0.39, 0.29) is 24.5 Å². The normalized spacial score (nSPS) is 24.6. The first-order chi connectivity index (χ1) is 19.2. The number of benzene rings is 1. The second-order valence-corrected chi connectivity index (χ2v) is 9.54. The van der Waals surface area contributed by atoms with Gasteiger partial charge in [-0.15, -0.1) is 6.42 Å². The number of rotatable bonds is 8. The number of hydrogen-bond donors (Lipinski definition) is 3. The van der Waals surface area contributed by atoms with Crippen LogP contribution in [0.3, 0.4) is 0 Å². The van der Waals surface area contributed by atoms with E-state index in [0.717, 1.165) is 31.5 Å². The fourth-order valence-electron chi connectivity index (χ4n) is 4.78. The van der Waals surface area contributed by atoms with Crippen molar-refractivity contribution in [3.8, 4) is 12.3 Å². The Kier molecular flexibility index (Phi) is 9.11. The van der Waals surface area contributed by atoms with Gasteiger partial charge in [0.25, 0.3) is 0 Å². The van der Waals surface area contributed by atoms with Crippen molar-refractivity contribution >= 4 is 40.7 Å². The zero-order valence-electron chi connectivity index (χ0n) is 21.1. The third-order valence-electron chi connectivity index (χ3n) is 6.79. The number of hydrogen-bond acceptors (Lipinski definition) is 11. The van der Waals surface area contributed by atoms with Crippen molar-refractivity contribution < 1.29 is 39.2 Å². The zero-order chi connectivity index (χ0) is 28.9. The van der Waals surface area contributed by atoms with E-state index in [4.69, 9.17) is 37.1 Å². The first-order valence-corrected chi connectivity index (χ1v) is 12.7. The van der Waals surface area contributed by atoms with Crippen LogP contribution in [0.5, 0.6) is 0 Å². The molecule has 2 saturated heterocycles. The number of carboxylic acid groups (broad SMARTS) is 1. The van der Waals surface area contributed by atoms with Crippen LogP contribution < -0.4 is 4.90 Å². The van der Waals surface area contributed by atoms with Crippen LogP contribution in [-0.4, -0.2) is 90.6 Å². The SMILES string of the molecule is C#C[C@@]1(O)[C@@H](COC(Cc2ccccc2)C(=O)O)O[C@@H](n2cnc3c(N4CCCC4)nc(Cl)nc32)[C@@H]1O.O=C=O. The Balaban J connectivity index is 0.00000118. The molecule has 3 aromatic rings. The summed E-state index contributed by atoms with van der Waals surface area (Å²) in [6.07, 6.45) is 4.19. The van der Waals surface area contributed by atoms with Gasteiger partial charge < -0.3 is 29.7 Å². The molecule has 5 atom stereocenters. The molecule has 13 nitrogen and oxygen atoms in total. The van der Waals surface area contributed by atoms with E-state index in [2.05, 4.69) is 25.8 Å². The number of carbonyl (C=O) groups is 1. The Morgan fingerprint density at radius 1 is 1.25 bits per heavy atom. The lowest BCUT2D eigenvalue weighted by Gasteiger charge is -2.26. The number of ether oxygens (including phenoxy) is 2. The lowest BCUT2D eigenvalue weighted by molar-refractivity contribution is -0.191. The molecule has 14 heteroatoms. The number of aliphatic carboxylic acids is 1. The van der Waals surface area contributed by atoms with E-state index in [9.17, 15) is 20.1 Å². The Morgan fingerprint density at radius 3 is 2.55 bits per heavy atom. The third kappa shape index (κ3) is 5.83. The molecule has 0 amide bonds. The fourth-order valence-corrected chi connectivity index (χ4v) is 4.94. The molecule has 2 fully saturated rings. The van der Waals surface area contributed by atoms with Crippen molar-refractivity contribution in [3.05, 3.63) is 47.5 Å². The summed E-state index contributed by atoms with van der Waals surface area (Å²) in [7, 11) is 0. The van der Waals surface area contributed by atoms with Crippen LogP contribution in [0.25, 0.3) is 11.2 Å². The molecule has 2 aliphatic rings. The van der Waals surface area contributed by atoms with Crippen LogP contribution in [0.2, 0.25) is 5.28 Å². The van der Waals surface area contributed by atoms with Gasteiger partial charge in [-0.1, -0.05) is 36.3 Å². The molecule has 2 aromatic heterocycles. The van der Waals surface area contributed by atoms with Crippen molar-refractivity contribution in [1.82, 2.24) is 19.5 Å². The summed E-state index contributed by atoms with van der Waals surface area (Å²) < 4.78 is 13.0. The van der Waals surface area contributed by atoms with Gasteiger partial charge in [-0.25, -0.2) is 9.78 Å².